The van der Waals surface area contributed by atoms with Crippen molar-refractivity contribution in [2.45, 2.75) is 38.5 Å². The molecule has 1 aliphatic heterocycles. The predicted octanol–water partition coefficient (Wildman–Crippen LogP) is 5.83. The molecule has 4 rings (SSSR count). The van der Waals surface area contributed by atoms with Crippen molar-refractivity contribution in [3.8, 4) is 0 Å². The number of benzene rings is 2. The SMILES string of the molecule is CC(=O)N(c1ccccc1)C1CC(C)N(C(=O)c2ccco2)c2c1cccc2C(F)(F)F. The van der Waals surface area contributed by atoms with Gasteiger partial charge < -0.3 is 14.2 Å². The molecule has 2 unspecified atom stereocenters. The quantitative estimate of drug-likeness (QED) is 0.513. The minimum absolute atomic E-state index is 0.0512. The van der Waals surface area contributed by atoms with Gasteiger partial charge in [0.25, 0.3) is 5.91 Å². The summed E-state index contributed by atoms with van der Waals surface area (Å²) in [5.41, 5.74) is -0.335. The van der Waals surface area contributed by atoms with Crippen molar-refractivity contribution >= 4 is 23.2 Å². The Kier molecular flexibility index (Phi) is 5.54. The smallest absolute Gasteiger partial charge is 0.418 e. The summed E-state index contributed by atoms with van der Waals surface area (Å²) in [6.07, 6.45) is -3.13. The molecule has 5 nitrogen and oxygen atoms in total. The van der Waals surface area contributed by atoms with Crippen LogP contribution in [0.4, 0.5) is 24.5 Å². The maximum atomic E-state index is 14.0. The molecule has 0 N–H and O–H groups in total. The molecule has 2 aromatic carbocycles. The molecular formula is C24H21F3N2O3. The van der Waals surface area contributed by atoms with E-state index in [1.165, 1.54) is 36.3 Å². The van der Waals surface area contributed by atoms with Crippen molar-refractivity contribution in [1.82, 2.24) is 0 Å². The summed E-state index contributed by atoms with van der Waals surface area (Å²) in [5, 5.41) is 0. The molecule has 0 spiro atoms. The minimum atomic E-state index is -4.69. The van der Waals surface area contributed by atoms with Gasteiger partial charge in [0.1, 0.15) is 0 Å². The van der Waals surface area contributed by atoms with Crippen LogP contribution in [0.5, 0.6) is 0 Å². The van der Waals surface area contributed by atoms with Gasteiger partial charge in [-0.25, -0.2) is 0 Å². The predicted molar refractivity (Wildman–Crippen MR) is 113 cm³/mol. The molecule has 1 aromatic heterocycles. The van der Waals surface area contributed by atoms with E-state index in [1.54, 1.807) is 43.3 Å². The highest BCUT2D eigenvalue weighted by Gasteiger charge is 2.45. The zero-order valence-corrected chi connectivity index (χ0v) is 17.5. The molecule has 2 atom stereocenters. The Morgan fingerprint density at radius 3 is 2.34 bits per heavy atom. The number of rotatable bonds is 3. The lowest BCUT2D eigenvalue weighted by atomic mass is 9.87. The molecule has 0 bridgehead atoms. The number of carbonyl (C=O) groups excluding carboxylic acids is 2. The van der Waals surface area contributed by atoms with E-state index in [2.05, 4.69) is 0 Å². The van der Waals surface area contributed by atoms with E-state index in [4.69, 9.17) is 4.42 Å². The standard InChI is InChI=1S/C24H21F3N2O3/c1-15-14-20(29(16(2)30)17-8-4-3-5-9-17)18-10-6-11-19(24(25,26)27)22(18)28(15)23(31)21-12-7-13-32-21/h3-13,15,20H,14H2,1-2H3. The maximum absolute atomic E-state index is 14.0. The van der Waals surface area contributed by atoms with Gasteiger partial charge in [-0.15, -0.1) is 0 Å². The Labute approximate surface area is 183 Å². The first-order valence-corrected chi connectivity index (χ1v) is 10.1. The van der Waals surface area contributed by atoms with Gasteiger partial charge in [0.2, 0.25) is 5.91 Å². The highest BCUT2D eigenvalue weighted by atomic mass is 19.4. The van der Waals surface area contributed by atoms with Crippen LogP contribution in [-0.4, -0.2) is 17.9 Å². The number of hydrogen-bond acceptors (Lipinski definition) is 3. The molecule has 0 saturated carbocycles. The number of fused-ring (bicyclic) bond motifs is 1. The second-order valence-electron chi connectivity index (χ2n) is 7.72. The monoisotopic (exact) mass is 442 g/mol. The van der Waals surface area contributed by atoms with Crippen LogP contribution in [0.3, 0.4) is 0 Å². The first kappa shape index (κ1) is 21.7. The molecule has 3 aromatic rings. The highest BCUT2D eigenvalue weighted by Crippen LogP contribution is 2.48. The van der Waals surface area contributed by atoms with Crippen LogP contribution in [0.25, 0.3) is 0 Å². The Morgan fingerprint density at radius 2 is 1.75 bits per heavy atom. The zero-order chi connectivity index (χ0) is 23.0. The van der Waals surface area contributed by atoms with Gasteiger partial charge in [-0.2, -0.15) is 13.2 Å². The number of halogens is 3. The van der Waals surface area contributed by atoms with Crippen molar-refractivity contribution in [3.63, 3.8) is 0 Å². The van der Waals surface area contributed by atoms with Gasteiger partial charge in [0.15, 0.2) is 5.76 Å². The fraction of sp³-hybridized carbons (Fsp3) is 0.250. The fourth-order valence-corrected chi connectivity index (χ4v) is 4.34. The van der Waals surface area contributed by atoms with Gasteiger partial charge >= 0.3 is 6.18 Å². The molecule has 0 saturated heterocycles. The topological polar surface area (TPSA) is 53.8 Å². The Bertz CT molecular complexity index is 1130. The van der Waals surface area contributed by atoms with Crippen LogP contribution in [0, 0.1) is 0 Å². The van der Waals surface area contributed by atoms with E-state index < -0.39 is 29.7 Å². The molecule has 32 heavy (non-hydrogen) atoms. The third-order valence-corrected chi connectivity index (χ3v) is 5.61. The molecule has 0 radical (unpaired) electrons. The van der Waals surface area contributed by atoms with Crippen molar-refractivity contribution in [3.05, 3.63) is 83.8 Å². The average molecular weight is 442 g/mol. The molecule has 8 heteroatoms. The highest BCUT2D eigenvalue weighted by molar-refractivity contribution is 6.06. The van der Waals surface area contributed by atoms with Gasteiger partial charge in [-0.3, -0.25) is 9.59 Å². The normalized spacial score (nSPS) is 18.2. The van der Waals surface area contributed by atoms with E-state index in [0.29, 0.717) is 5.69 Å². The van der Waals surface area contributed by atoms with Crippen LogP contribution < -0.4 is 9.80 Å². The summed E-state index contributed by atoms with van der Waals surface area (Å²) in [6, 6.07) is 14.2. The molecule has 2 amide bonds. The van der Waals surface area contributed by atoms with Gasteiger partial charge in [0.05, 0.1) is 23.6 Å². The lowest BCUT2D eigenvalue weighted by molar-refractivity contribution is -0.137. The van der Waals surface area contributed by atoms with Crippen LogP contribution >= 0.6 is 0 Å². The van der Waals surface area contributed by atoms with Crippen molar-refractivity contribution < 1.29 is 27.2 Å². The van der Waals surface area contributed by atoms with Crippen molar-refractivity contribution in [2.24, 2.45) is 0 Å². The molecule has 0 aliphatic carbocycles. The maximum Gasteiger partial charge on any atom is 0.418 e. The van der Waals surface area contributed by atoms with Crippen LogP contribution in [0.1, 0.15) is 48.0 Å². The number of para-hydroxylation sites is 2. The number of alkyl halides is 3. The number of carbonyl (C=O) groups is 2. The third-order valence-electron chi connectivity index (χ3n) is 5.61. The van der Waals surface area contributed by atoms with E-state index in [0.717, 1.165) is 11.0 Å². The van der Waals surface area contributed by atoms with Gasteiger partial charge in [-0.05, 0) is 49.2 Å². The van der Waals surface area contributed by atoms with E-state index in [-0.39, 0.29) is 29.3 Å². The van der Waals surface area contributed by atoms with Crippen molar-refractivity contribution in [2.75, 3.05) is 9.80 Å². The number of furan rings is 1. The molecular weight excluding hydrogens is 421 g/mol. The fourth-order valence-electron chi connectivity index (χ4n) is 4.34. The summed E-state index contributed by atoms with van der Waals surface area (Å²) in [5.74, 6) is -1.01. The first-order valence-electron chi connectivity index (χ1n) is 10.1. The molecule has 2 heterocycles. The Morgan fingerprint density at radius 1 is 1.03 bits per heavy atom. The summed E-state index contributed by atoms with van der Waals surface area (Å²) in [6.45, 7) is 3.05. The lowest BCUT2D eigenvalue weighted by Gasteiger charge is -2.44. The van der Waals surface area contributed by atoms with E-state index in [9.17, 15) is 22.8 Å². The van der Waals surface area contributed by atoms with Crippen molar-refractivity contribution in [1.29, 1.82) is 0 Å². The van der Waals surface area contributed by atoms with E-state index in [1.807, 2.05) is 0 Å². The van der Waals surface area contributed by atoms with Gasteiger partial charge in [-0.1, -0.05) is 30.3 Å². The zero-order valence-electron chi connectivity index (χ0n) is 17.5. The minimum Gasteiger partial charge on any atom is -0.459 e. The second kappa shape index (κ2) is 8.18. The summed E-state index contributed by atoms with van der Waals surface area (Å²) < 4.78 is 47.3. The molecule has 1 aliphatic rings. The van der Waals surface area contributed by atoms with E-state index >= 15 is 0 Å². The second-order valence-corrected chi connectivity index (χ2v) is 7.72. The lowest BCUT2D eigenvalue weighted by Crippen LogP contribution is -2.48. The number of nitrogens with zero attached hydrogens (tertiary/aromatic N) is 2. The van der Waals surface area contributed by atoms with Crippen LogP contribution in [0.15, 0.2) is 71.3 Å². The summed E-state index contributed by atoms with van der Waals surface area (Å²) >= 11 is 0. The average Bonchev–Trinajstić information content (AvgIpc) is 3.28. The van der Waals surface area contributed by atoms with Gasteiger partial charge in [0, 0.05) is 18.7 Å². The summed E-state index contributed by atoms with van der Waals surface area (Å²) in [7, 11) is 0. The van der Waals surface area contributed by atoms with Crippen LogP contribution in [0.2, 0.25) is 0 Å². The Hall–Kier alpha value is -3.55. The molecule has 0 fully saturated rings. The third kappa shape index (κ3) is 3.77. The molecule has 166 valence electrons. The summed E-state index contributed by atoms with van der Waals surface area (Å²) in [4.78, 5) is 28.5. The largest absolute Gasteiger partial charge is 0.459 e. The first-order chi connectivity index (χ1) is 15.2. The number of anilines is 2. The number of amides is 2. The number of hydrogen-bond donors (Lipinski definition) is 0. The van der Waals surface area contributed by atoms with Crippen LogP contribution in [-0.2, 0) is 11.0 Å². The Balaban J connectivity index is 1.93.